The van der Waals surface area contributed by atoms with Gasteiger partial charge in [0.25, 0.3) is 0 Å². The lowest BCUT2D eigenvalue weighted by atomic mass is 10.0. The topological polar surface area (TPSA) is 37.9 Å². The number of rotatable bonds is 4. The second kappa shape index (κ2) is 5.93. The predicted molar refractivity (Wildman–Crippen MR) is 75.4 cm³/mol. The molecule has 1 aromatic heterocycles. The SMILES string of the molecule is CCCc1c(-c2ccc(OC)c(F)c2)[nH]cnc1=S. The Labute approximate surface area is 116 Å². The van der Waals surface area contributed by atoms with E-state index in [9.17, 15) is 4.39 Å². The van der Waals surface area contributed by atoms with Gasteiger partial charge >= 0.3 is 0 Å². The molecule has 19 heavy (non-hydrogen) atoms. The number of hydrogen-bond acceptors (Lipinski definition) is 3. The molecule has 3 nitrogen and oxygen atoms in total. The molecule has 0 aliphatic carbocycles. The minimum atomic E-state index is -0.390. The van der Waals surface area contributed by atoms with E-state index in [1.54, 1.807) is 12.4 Å². The van der Waals surface area contributed by atoms with E-state index >= 15 is 0 Å². The number of benzene rings is 1. The summed E-state index contributed by atoms with van der Waals surface area (Å²) < 4.78 is 19.3. The Bertz CT molecular complexity index is 640. The first-order chi connectivity index (χ1) is 9.17. The van der Waals surface area contributed by atoms with Crippen LogP contribution in [0.15, 0.2) is 24.5 Å². The Hall–Kier alpha value is -1.75. The van der Waals surface area contributed by atoms with Crippen molar-refractivity contribution in [1.29, 1.82) is 0 Å². The molecular weight excluding hydrogens is 263 g/mol. The number of H-pyrrole nitrogens is 1. The van der Waals surface area contributed by atoms with E-state index in [1.807, 2.05) is 6.07 Å². The van der Waals surface area contributed by atoms with E-state index in [1.165, 1.54) is 13.2 Å². The highest BCUT2D eigenvalue weighted by Crippen LogP contribution is 2.27. The molecule has 1 N–H and O–H groups in total. The molecule has 2 rings (SSSR count). The third-order valence-corrected chi connectivity index (χ3v) is 3.24. The molecule has 0 saturated carbocycles. The lowest BCUT2D eigenvalue weighted by Crippen LogP contribution is -1.97. The monoisotopic (exact) mass is 278 g/mol. The van der Waals surface area contributed by atoms with Crippen molar-refractivity contribution in [3.8, 4) is 17.0 Å². The van der Waals surface area contributed by atoms with Gasteiger partial charge in [0, 0.05) is 11.1 Å². The van der Waals surface area contributed by atoms with Crippen LogP contribution in [0, 0.1) is 10.5 Å². The van der Waals surface area contributed by atoms with E-state index in [-0.39, 0.29) is 5.75 Å². The zero-order valence-corrected chi connectivity index (χ0v) is 11.7. The second-order valence-corrected chi connectivity index (χ2v) is 4.55. The number of hydrogen-bond donors (Lipinski definition) is 1. The molecule has 0 bridgehead atoms. The van der Waals surface area contributed by atoms with Gasteiger partial charge in [0.1, 0.15) is 4.64 Å². The van der Waals surface area contributed by atoms with Crippen molar-refractivity contribution < 1.29 is 9.13 Å². The first-order valence-corrected chi connectivity index (χ1v) is 6.48. The Balaban J connectivity index is 2.55. The van der Waals surface area contributed by atoms with E-state index in [4.69, 9.17) is 17.0 Å². The maximum atomic E-state index is 13.8. The first-order valence-electron chi connectivity index (χ1n) is 6.07. The Morgan fingerprint density at radius 2 is 2.21 bits per heavy atom. The van der Waals surface area contributed by atoms with Gasteiger partial charge < -0.3 is 9.72 Å². The molecule has 0 unspecified atom stereocenters. The first kappa shape index (κ1) is 13.7. The minimum Gasteiger partial charge on any atom is -0.494 e. The van der Waals surface area contributed by atoms with Crippen molar-refractivity contribution in [2.75, 3.05) is 7.11 Å². The maximum Gasteiger partial charge on any atom is 0.165 e. The fraction of sp³-hybridized carbons (Fsp3) is 0.286. The summed E-state index contributed by atoms with van der Waals surface area (Å²) in [6, 6.07) is 4.86. The average Bonchev–Trinajstić information content (AvgIpc) is 2.41. The van der Waals surface area contributed by atoms with E-state index < -0.39 is 5.82 Å². The smallest absolute Gasteiger partial charge is 0.165 e. The Morgan fingerprint density at radius 1 is 1.42 bits per heavy atom. The van der Waals surface area contributed by atoms with Crippen LogP contribution < -0.4 is 4.74 Å². The van der Waals surface area contributed by atoms with Crippen LogP contribution in [0.4, 0.5) is 4.39 Å². The highest BCUT2D eigenvalue weighted by Gasteiger charge is 2.10. The van der Waals surface area contributed by atoms with Gasteiger partial charge in [-0.25, -0.2) is 9.37 Å². The standard InChI is InChI=1S/C14H15FN2OS/c1-3-4-10-13(16-8-17-14(10)19)9-5-6-12(18-2)11(15)7-9/h5-8H,3-4H2,1-2H3,(H,16,17,19). The summed E-state index contributed by atoms with van der Waals surface area (Å²) >= 11 is 5.24. The quantitative estimate of drug-likeness (QED) is 0.862. The molecule has 1 heterocycles. The summed E-state index contributed by atoms with van der Waals surface area (Å²) in [4.78, 5) is 7.14. The van der Waals surface area contributed by atoms with Crippen molar-refractivity contribution in [3.05, 3.63) is 40.5 Å². The van der Waals surface area contributed by atoms with Crippen LogP contribution >= 0.6 is 12.2 Å². The number of halogens is 1. The fourth-order valence-electron chi connectivity index (χ4n) is 1.99. The van der Waals surface area contributed by atoms with Crippen LogP contribution in [0.25, 0.3) is 11.3 Å². The van der Waals surface area contributed by atoms with E-state index in [0.29, 0.717) is 4.64 Å². The normalized spacial score (nSPS) is 10.5. The van der Waals surface area contributed by atoms with Gasteiger partial charge in [0.2, 0.25) is 0 Å². The van der Waals surface area contributed by atoms with Crippen LogP contribution in [0.2, 0.25) is 0 Å². The van der Waals surface area contributed by atoms with E-state index in [2.05, 4.69) is 16.9 Å². The minimum absolute atomic E-state index is 0.230. The highest BCUT2D eigenvalue weighted by molar-refractivity contribution is 7.71. The molecule has 5 heteroatoms. The third-order valence-electron chi connectivity index (χ3n) is 2.89. The molecule has 0 radical (unpaired) electrons. The Kier molecular flexibility index (Phi) is 4.27. The van der Waals surface area contributed by atoms with Gasteiger partial charge in [-0.05, 0) is 24.6 Å². The molecule has 0 amide bonds. The Morgan fingerprint density at radius 3 is 2.84 bits per heavy atom. The molecule has 0 aliphatic heterocycles. The summed E-state index contributed by atoms with van der Waals surface area (Å²) in [5.74, 6) is -0.160. The summed E-state index contributed by atoms with van der Waals surface area (Å²) in [6.45, 7) is 2.07. The van der Waals surface area contributed by atoms with Gasteiger partial charge in [0.15, 0.2) is 11.6 Å². The number of nitrogens with one attached hydrogen (secondary N) is 1. The molecular formula is C14H15FN2OS. The van der Waals surface area contributed by atoms with Crippen LogP contribution in [-0.2, 0) is 6.42 Å². The van der Waals surface area contributed by atoms with Gasteiger partial charge in [-0.2, -0.15) is 0 Å². The van der Waals surface area contributed by atoms with Gasteiger partial charge in [-0.1, -0.05) is 25.6 Å². The van der Waals surface area contributed by atoms with Gasteiger partial charge in [-0.3, -0.25) is 0 Å². The maximum absolute atomic E-state index is 13.8. The van der Waals surface area contributed by atoms with Gasteiger partial charge in [0.05, 0.1) is 19.1 Å². The highest BCUT2D eigenvalue weighted by atomic mass is 32.1. The number of ether oxygens (including phenoxy) is 1. The second-order valence-electron chi connectivity index (χ2n) is 4.16. The lowest BCUT2D eigenvalue weighted by molar-refractivity contribution is 0.386. The summed E-state index contributed by atoms with van der Waals surface area (Å²) in [5, 5.41) is 0. The van der Waals surface area contributed by atoms with Crippen molar-refractivity contribution in [2.24, 2.45) is 0 Å². The zero-order valence-electron chi connectivity index (χ0n) is 10.9. The molecule has 0 saturated heterocycles. The molecule has 0 atom stereocenters. The van der Waals surface area contributed by atoms with Crippen molar-refractivity contribution in [1.82, 2.24) is 9.97 Å². The number of methoxy groups -OCH3 is 1. The van der Waals surface area contributed by atoms with Crippen molar-refractivity contribution in [3.63, 3.8) is 0 Å². The number of aromatic amines is 1. The van der Waals surface area contributed by atoms with Crippen molar-refractivity contribution >= 4 is 12.2 Å². The zero-order chi connectivity index (χ0) is 13.8. The molecule has 1 aromatic carbocycles. The molecule has 100 valence electrons. The third kappa shape index (κ3) is 2.81. The summed E-state index contributed by atoms with van der Waals surface area (Å²) in [7, 11) is 1.44. The molecule has 0 spiro atoms. The summed E-state index contributed by atoms with van der Waals surface area (Å²) in [6.07, 6.45) is 3.31. The van der Waals surface area contributed by atoms with Crippen LogP contribution in [0.1, 0.15) is 18.9 Å². The summed E-state index contributed by atoms with van der Waals surface area (Å²) in [5.41, 5.74) is 2.52. The number of aromatic nitrogens is 2. The van der Waals surface area contributed by atoms with E-state index in [0.717, 1.165) is 29.7 Å². The fourth-order valence-corrected chi connectivity index (χ4v) is 2.25. The largest absolute Gasteiger partial charge is 0.494 e. The lowest BCUT2D eigenvalue weighted by Gasteiger charge is -2.10. The van der Waals surface area contributed by atoms with Crippen LogP contribution in [0.5, 0.6) is 5.75 Å². The predicted octanol–water partition coefficient (Wildman–Crippen LogP) is 3.91. The number of nitrogens with zero attached hydrogens (tertiary/aromatic N) is 1. The van der Waals surface area contributed by atoms with Crippen LogP contribution in [0.3, 0.4) is 0 Å². The molecule has 2 aromatic rings. The van der Waals surface area contributed by atoms with Crippen molar-refractivity contribution in [2.45, 2.75) is 19.8 Å². The average molecular weight is 278 g/mol. The van der Waals surface area contributed by atoms with Crippen LogP contribution in [-0.4, -0.2) is 17.1 Å². The molecule has 0 fully saturated rings. The molecule has 0 aliphatic rings. The van der Waals surface area contributed by atoms with Gasteiger partial charge in [-0.15, -0.1) is 0 Å².